The summed E-state index contributed by atoms with van der Waals surface area (Å²) in [6.45, 7) is 14.6. The first-order chi connectivity index (χ1) is 17.5. The quantitative estimate of drug-likeness (QED) is 0.424. The van der Waals surface area contributed by atoms with E-state index in [9.17, 15) is 19.2 Å². The van der Waals surface area contributed by atoms with Crippen molar-refractivity contribution < 1.29 is 23.9 Å². The van der Waals surface area contributed by atoms with Gasteiger partial charge in [0.15, 0.2) is 0 Å². The van der Waals surface area contributed by atoms with Crippen molar-refractivity contribution >= 4 is 34.5 Å². The lowest BCUT2D eigenvalue weighted by Crippen LogP contribution is -2.58. The first-order valence-corrected chi connectivity index (χ1v) is 13.1. The second-order valence-electron chi connectivity index (χ2n) is 12.2. The van der Waals surface area contributed by atoms with Gasteiger partial charge >= 0.3 is 5.97 Å². The third kappa shape index (κ3) is 8.57. The number of ether oxygens (including phenoxy) is 1. The van der Waals surface area contributed by atoms with E-state index in [0.29, 0.717) is 12.0 Å². The maximum atomic E-state index is 13.7. The highest BCUT2D eigenvalue weighted by molar-refractivity contribution is 6.01. The van der Waals surface area contributed by atoms with Crippen molar-refractivity contribution in [2.75, 3.05) is 7.05 Å². The van der Waals surface area contributed by atoms with Gasteiger partial charge in [-0.3, -0.25) is 14.4 Å². The fraction of sp³-hybridized carbons (Fsp3) is 0.533. The second-order valence-corrected chi connectivity index (χ2v) is 12.2. The highest BCUT2D eigenvalue weighted by Crippen LogP contribution is 2.24. The Labute approximate surface area is 226 Å². The van der Waals surface area contributed by atoms with Gasteiger partial charge in [-0.25, -0.2) is 4.79 Å². The summed E-state index contributed by atoms with van der Waals surface area (Å²) in [5.41, 5.74) is -1.06. The van der Waals surface area contributed by atoms with E-state index in [-0.39, 0.29) is 11.8 Å². The van der Waals surface area contributed by atoms with E-state index in [1.807, 2.05) is 65.0 Å². The van der Waals surface area contributed by atoms with Crippen LogP contribution in [0.2, 0.25) is 0 Å². The molecule has 0 aromatic heterocycles. The number of hydrogen-bond acceptors (Lipinski definition) is 5. The SMILES string of the molecule is CNC(=O)[C@@H](NC(=O)[C@H](CC(C)C)[C@H](NC(=O)c1ccc2ccccc2c1)C(=O)OC(C)(C)C)C(C)(C)C. The Morgan fingerprint density at radius 2 is 1.45 bits per heavy atom. The standard InChI is InChI=1S/C30H43N3O5/c1-18(2)16-22(26(35)33-24(27(36)31-9)29(3,4)5)23(28(37)38-30(6,7)8)32-25(34)21-15-14-19-12-10-11-13-20(19)17-21/h10-15,17-18,22-24H,16H2,1-9H3,(H,31,36)(H,32,34)(H,33,35)/t22-,23+,24-/m1/s1. The lowest BCUT2D eigenvalue weighted by Gasteiger charge is -2.34. The average molecular weight is 526 g/mol. The molecule has 3 atom stereocenters. The molecule has 8 nitrogen and oxygen atoms in total. The van der Waals surface area contributed by atoms with Gasteiger partial charge in [0, 0.05) is 12.6 Å². The van der Waals surface area contributed by atoms with Crippen molar-refractivity contribution in [3.8, 4) is 0 Å². The number of benzene rings is 2. The lowest BCUT2D eigenvalue weighted by molar-refractivity contribution is -0.160. The van der Waals surface area contributed by atoms with E-state index >= 15 is 0 Å². The molecule has 0 saturated carbocycles. The summed E-state index contributed by atoms with van der Waals surface area (Å²) in [6.07, 6.45) is 0.290. The van der Waals surface area contributed by atoms with Gasteiger partial charge in [0.1, 0.15) is 17.7 Å². The Morgan fingerprint density at radius 3 is 1.97 bits per heavy atom. The number of amides is 3. The molecule has 0 radical (unpaired) electrons. The number of esters is 1. The zero-order chi connectivity index (χ0) is 28.8. The average Bonchev–Trinajstić information content (AvgIpc) is 2.81. The molecule has 0 aliphatic rings. The Balaban J connectivity index is 2.48. The lowest BCUT2D eigenvalue weighted by atomic mass is 9.84. The molecule has 3 N–H and O–H groups in total. The molecule has 0 bridgehead atoms. The Bertz CT molecular complexity index is 1160. The molecule has 2 aromatic rings. The third-order valence-corrected chi connectivity index (χ3v) is 6.08. The predicted molar refractivity (Wildman–Crippen MR) is 149 cm³/mol. The van der Waals surface area contributed by atoms with E-state index < -0.39 is 46.8 Å². The molecule has 0 saturated heterocycles. The van der Waals surface area contributed by atoms with Gasteiger partial charge < -0.3 is 20.7 Å². The van der Waals surface area contributed by atoms with Gasteiger partial charge in [0.2, 0.25) is 11.8 Å². The fourth-order valence-corrected chi connectivity index (χ4v) is 4.22. The summed E-state index contributed by atoms with van der Waals surface area (Å²) in [4.78, 5) is 53.2. The number of nitrogens with one attached hydrogen (secondary N) is 3. The predicted octanol–water partition coefficient (Wildman–Crippen LogP) is 4.22. The van der Waals surface area contributed by atoms with E-state index in [4.69, 9.17) is 4.74 Å². The van der Waals surface area contributed by atoms with Crippen LogP contribution in [0.3, 0.4) is 0 Å². The largest absolute Gasteiger partial charge is 0.458 e. The molecule has 38 heavy (non-hydrogen) atoms. The van der Waals surface area contributed by atoms with Crippen molar-refractivity contribution in [1.82, 2.24) is 16.0 Å². The van der Waals surface area contributed by atoms with E-state index in [2.05, 4.69) is 16.0 Å². The highest BCUT2D eigenvalue weighted by Gasteiger charge is 2.41. The Kier molecular flexibility index (Phi) is 10.1. The maximum absolute atomic E-state index is 13.7. The normalized spacial score (nSPS) is 14.4. The summed E-state index contributed by atoms with van der Waals surface area (Å²) >= 11 is 0. The van der Waals surface area contributed by atoms with Crippen LogP contribution in [0.5, 0.6) is 0 Å². The molecule has 8 heteroatoms. The van der Waals surface area contributed by atoms with Crippen LogP contribution < -0.4 is 16.0 Å². The molecule has 2 aromatic carbocycles. The van der Waals surface area contributed by atoms with Crippen molar-refractivity contribution in [2.24, 2.45) is 17.3 Å². The summed E-state index contributed by atoms with van der Waals surface area (Å²) in [5, 5.41) is 10.1. The molecule has 0 spiro atoms. The molecule has 0 unspecified atom stereocenters. The molecule has 0 heterocycles. The minimum atomic E-state index is -1.26. The van der Waals surface area contributed by atoms with Crippen LogP contribution in [0.1, 0.15) is 72.2 Å². The number of rotatable bonds is 9. The molecular weight excluding hydrogens is 482 g/mol. The zero-order valence-electron chi connectivity index (χ0n) is 24.1. The van der Waals surface area contributed by atoms with Crippen molar-refractivity contribution in [3.63, 3.8) is 0 Å². The van der Waals surface area contributed by atoms with Crippen LogP contribution in [0.15, 0.2) is 42.5 Å². The van der Waals surface area contributed by atoms with Gasteiger partial charge in [0.25, 0.3) is 5.91 Å². The van der Waals surface area contributed by atoms with Gasteiger partial charge in [-0.05, 0) is 61.4 Å². The van der Waals surface area contributed by atoms with Crippen LogP contribution in [0, 0.1) is 17.3 Å². The zero-order valence-corrected chi connectivity index (χ0v) is 24.1. The molecule has 3 amide bonds. The highest BCUT2D eigenvalue weighted by atomic mass is 16.6. The third-order valence-electron chi connectivity index (χ3n) is 6.08. The molecular formula is C30H43N3O5. The minimum absolute atomic E-state index is 0.0151. The van der Waals surface area contributed by atoms with Crippen LogP contribution >= 0.6 is 0 Å². The molecule has 208 valence electrons. The minimum Gasteiger partial charge on any atom is -0.458 e. The Morgan fingerprint density at radius 1 is 0.842 bits per heavy atom. The van der Waals surface area contributed by atoms with Crippen LogP contribution in [0.4, 0.5) is 0 Å². The van der Waals surface area contributed by atoms with E-state index in [0.717, 1.165) is 10.8 Å². The van der Waals surface area contributed by atoms with Crippen molar-refractivity contribution in [3.05, 3.63) is 48.0 Å². The van der Waals surface area contributed by atoms with Gasteiger partial charge in [-0.2, -0.15) is 0 Å². The molecule has 2 rings (SSSR count). The molecule has 0 aliphatic carbocycles. The summed E-state index contributed by atoms with van der Waals surface area (Å²) in [5.74, 6) is -3.00. The van der Waals surface area contributed by atoms with E-state index in [1.165, 1.54) is 7.05 Å². The van der Waals surface area contributed by atoms with E-state index in [1.54, 1.807) is 32.9 Å². The Hall–Kier alpha value is -3.42. The smallest absolute Gasteiger partial charge is 0.330 e. The number of likely N-dealkylation sites (N-methyl/N-ethyl adjacent to an activating group) is 1. The topological polar surface area (TPSA) is 114 Å². The van der Waals surface area contributed by atoms with Gasteiger partial charge in [-0.15, -0.1) is 0 Å². The molecule has 0 fully saturated rings. The first kappa shape index (κ1) is 30.8. The monoisotopic (exact) mass is 525 g/mol. The maximum Gasteiger partial charge on any atom is 0.330 e. The number of carbonyl (C=O) groups is 4. The summed E-state index contributed by atoms with van der Waals surface area (Å²) < 4.78 is 5.65. The fourth-order valence-electron chi connectivity index (χ4n) is 4.22. The van der Waals surface area contributed by atoms with Gasteiger partial charge in [0.05, 0.1) is 5.92 Å². The van der Waals surface area contributed by atoms with Crippen LogP contribution in [0.25, 0.3) is 10.8 Å². The summed E-state index contributed by atoms with van der Waals surface area (Å²) in [7, 11) is 1.51. The number of fused-ring (bicyclic) bond motifs is 1. The van der Waals surface area contributed by atoms with Gasteiger partial charge in [-0.1, -0.05) is 65.0 Å². The number of hydrogen-bond donors (Lipinski definition) is 3. The summed E-state index contributed by atoms with van der Waals surface area (Å²) in [6, 6.07) is 10.8. The van der Waals surface area contributed by atoms with Crippen LogP contribution in [-0.4, -0.2) is 48.4 Å². The second kappa shape index (κ2) is 12.4. The first-order valence-electron chi connectivity index (χ1n) is 13.1. The number of carbonyl (C=O) groups excluding carboxylic acids is 4. The van der Waals surface area contributed by atoms with Crippen molar-refractivity contribution in [1.29, 1.82) is 0 Å². The van der Waals surface area contributed by atoms with Crippen LogP contribution in [-0.2, 0) is 19.1 Å². The van der Waals surface area contributed by atoms with Crippen molar-refractivity contribution in [2.45, 2.75) is 79.5 Å². The molecule has 0 aliphatic heterocycles.